The number of nitrogens with one attached hydrogen (secondary N) is 1. The fraction of sp³-hybridized carbons (Fsp3) is 0.583. The Morgan fingerprint density at radius 1 is 1.50 bits per heavy atom. The highest BCUT2D eigenvalue weighted by Gasteiger charge is 2.10. The van der Waals surface area contributed by atoms with Crippen molar-refractivity contribution in [3.8, 4) is 0 Å². The molecule has 0 aliphatic rings. The second-order valence-electron chi connectivity index (χ2n) is 4.13. The van der Waals surface area contributed by atoms with Crippen LogP contribution in [0, 0.1) is 5.92 Å². The van der Waals surface area contributed by atoms with Crippen molar-refractivity contribution >= 4 is 11.6 Å². The minimum atomic E-state index is 0.183. The van der Waals surface area contributed by atoms with Gasteiger partial charge in [0.1, 0.15) is 5.15 Å². The van der Waals surface area contributed by atoms with Gasteiger partial charge in [-0.2, -0.15) is 0 Å². The summed E-state index contributed by atoms with van der Waals surface area (Å²) in [4.78, 5) is 4.05. The lowest BCUT2D eigenvalue weighted by Crippen LogP contribution is -2.25. The minimum absolute atomic E-state index is 0.183. The van der Waals surface area contributed by atoms with E-state index in [4.69, 9.17) is 16.7 Å². The van der Waals surface area contributed by atoms with Gasteiger partial charge in [-0.15, -0.1) is 0 Å². The molecule has 1 aromatic heterocycles. The largest absolute Gasteiger partial charge is 0.396 e. The van der Waals surface area contributed by atoms with Gasteiger partial charge in [0.25, 0.3) is 0 Å². The Labute approximate surface area is 102 Å². The smallest absolute Gasteiger partial charge is 0.133 e. The third-order valence-electron chi connectivity index (χ3n) is 2.65. The van der Waals surface area contributed by atoms with Crippen molar-refractivity contribution in [3.05, 3.63) is 29.0 Å². The Hall–Kier alpha value is -0.640. The standard InChI is InChI=1S/C12H19ClN2O/c1-9(5-7-16)8-15-10(2)11-4-3-6-14-12(11)13/h3-4,6,9-10,15-16H,5,7-8H2,1-2H3. The van der Waals surface area contributed by atoms with Gasteiger partial charge in [0.05, 0.1) is 0 Å². The van der Waals surface area contributed by atoms with Crippen LogP contribution in [0.15, 0.2) is 18.3 Å². The molecule has 2 unspecified atom stereocenters. The van der Waals surface area contributed by atoms with Crippen molar-refractivity contribution in [2.75, 3.05) is 13.2 Å². The number of nitrogens with zero attached hydrogens (tertiary/aromatic N) is 1. The number of pyridine rings is 1. The van der Waals surface area contributed by atoms with Gasteiger partial charge in [0, 0.05) is 24.4 Å². The number of halogens is 1. The van der Waals surface area contributed by atoms with E-state index in [-0.39, 0.29) is 12.6 Å². The first-order valence-electron chi connectivity index (χ1n) is 5.59. The van der Waals surface area contributed by atoms with Gasteiger partial charge in [0.2, 0.25) is 0 Å². The van der Waals surface area contributed by atoms with Crippen molar-refractivity contribution in [2.24, 2.45) is 5.92 Å². The molecule has 1 heterocycles. The van der Waals surface area contributed by atoms with Crippen LogP contribution in [0.25, 0.3) is 0 Å². The maximum atomic E-state index is 8.80. The van der Waals surface area contributed by atoms with Crippen LogP contribution in [0.5, 0.6) is 0 Å². The summed E-state index contributed by atoms with van der Waals surface area (Å²) in [6.07, 6.45) is 2.51. The van der Waals surface area contributed by atoms with Crippen molar-refractivity contribution < 1.29 is 5.11 Å². The quantitative estimate of drug-likeness (QED) is 0.753. The van der Waals surface area contributed by atoms with Gasteiger partial charge in [-0.25, -0.2) is 4.98 Å². The Bertz CT molecular complexity index is 320. The maximum absolute atomic E-state index is 8.80. The monoisotopic (exact) mass is 242 g/mol. The fourth-order valence-corrected chi connectivity index (χ4v) is 1.81. The molecule has 1 aromatic rings. The number of rotatable bonds is 6. The second kappa shape index (κ2) is 6.84. The number of hydrogen-bond donors (Lipinski definition) is 2. The molecular weight excluding hydrogens is 224 g/mol. The van der Waals surface area contributed by atoms with Crippen LogP contribution < -0.4 is 5.32 Å². The molecule has 0 radical (unpaired) electrons. The summed E-state index contributed by atoms with van der Waals surface area (Å²) in [6.45, 7) is 5.28. The van der Waals surface area contributed by atoms with Crippen molar-refractivity contribution in [1.82, 2.24) is 10.3 Å². The predicted molar refractivity (Wildman–Crippen MR) is 66.5 cm³/mol. The Kier molecular flexibility index (Phi) is 5.74. The Morgan fingerprint density at radius 2 is 2.25 bits per heavy atom. The van der Waals surface area contributed by atoms with Crippen LogP contribution in [-0.2, 0) is 0 Å². The first kappa shape index (κ1) is 13.4. The predicted octanol–water partition coefficient (Wildman–Crippen LogP) is 2.40. The molecule has 1 rings (SSSR count). The molecule has 16 heavy (non-hydrogen) atoms. The summed E-state index contributed by atoms with van der Waals surface area (Å²) in [6, 6.07) is 4.04. The molecule has 90 valence electrons. The molecule has 0 spiro atoms. The van der Waals surface area contributed by atoms with Crippen molar-refractivity contribution in [1.29, 1.82) is 0 Å². The van der Waals surface area contributed by atoms with E-state index in [2.05, 4.69) is 24.1 Å². The zero-order valence-electron chi connectivity index (χ0n) is 9.78. The molecule has 2 N–H and O–H groups in total. The van der Waals surface area contributed by atoms with Crippen LogP contribution in [0.1, 0.15) is 31.9 Å². The molecule has 0 amide bonds. The molecule has 3 nitrogen and oxygen atoms in total. The normalized spacial score (nSPS) is 14.8. The Balaban J connectivity index is 2.46. The van der Waals surface area contributed by atoms with E-state index >= 15 is 0 Å². The minimum Gasteiger partial charge on any atom is -0.396 e. The number of aliphatic hydroxyl groups is 1. The lowest BCUT2D eigenvalue weighted by Gasteiger charge is -2.18. The highest BCUT2D eigenvalue weighted by atomic mass is 35.5. The van der Waals surface area contributed by atoms with Gasteiger partial charge in [-0.1, -0.05) is 24.6 Å². The second-order valence-corrected chi connectivity index (χ2v) is 4.49. The van der Waals surface area contributed by atoms with Crippen LogP contribution in [0.3, 0.4) is 0 Å². The summed E-state index contributed by atoms with van der Waals surface area (Å²) in [5.41, 5.74) is 1.01. The Morgan fingerprint density at radius 3 is 2.88 bits per heavy atom. The molecule has 0 aliphatic carbocycles. The third kappa shape index (κ3) is 4.08. The SMILES string of the molecule is CC(CCO)CNC(C)c1cccnc1Cl. The average Bonchev–Trinajstić information content (AvgIpc) is 2.27. The molecule has 2 atom stereocenters. The van der Waals surface area contributed by atoms with Crippen molar-refractivity contribution in [3.63, 3.8) is 0 Å². The van der Waals surface area contributed by atoms with Crippen LogP contribution in [-0.4, -0.2) is 23.2 Å². The van der Waals surface area contributed by atoms with Gasteiger partial charge in [-0.3, -0.25) is 0 Å². The first-order valence-corrected chi connectivity index (χ1v) is 5.97. The molecule has 0 aliphatic heterocycles. The maximum Gasteiger partial charge on any atom is 0.133 e. The summed E-state index contributed by atoms with van der Waals surface area (Å²) in [5, 5.41) is 12.7. The van der Waals surface area contributed by atoms with Crippen LogP contribution in [0.4, 0.5) is 0 Å². The summed E-state index contributed by atoms with van der Waals surface area (Å²) < 4.78 is 0. The first-order chi connectivity index (χ1) is 7.65. The zero-order chi connectivity index (χ0) is 12.0. The molecule has 0 saturated carbocycles. The van der Waals surface area contributed by atoms with Gasteiger partial charge >= 0.3 is 0 Å². The lowest BCUT2D eigenvalue weighted by atomic mass is 10.1. The van der Waals surface area contributed by atoms with E-state index in [1.807, 2.05) is 12.1 Å². The number of aromatic nitrogens is 1. The summed E-state index contributed by atoms with van der Waals surface area (Å²) >= 11 is 6.00. The van der Waals surface area contributed by atoms with E-state index in [1.165, 1.54) is 0 Å². The molecule has 0 saturated heterocycles. The van der Waals surface area contributed by atoms with E-state index < -0.39 is 0 Å². The zero-order valence-corrected chi connectivity index (χ0v) is 10.5. The fourth-order valence-electron chi connectivity index (χ4n) is 1.53. The van der Waals surface area contributed by atoms with Gasteiger partial charge < -0.3 is 10.4 Å². The number of hydrogen-bond acceptors (Lipinski definition) is 3. The van der Waals surface area contributed by atoms with Gasteiger partial charge in [0.15, 0.2) is 0 Å². The average molecular weight is 243 g/mol. The van der Waals surface area contributed by atoms with E-state index in [0.717, 1.165) is 18.5 Å². The van der Waals surface area contributed by atoms with Crippen LogP contribution >= 0.6 is 11.6 Å². The van der Waals surface area contributed by atoms with E-state index in [9.17, 15) is 0 Å². The van der Waals surface area contributed by atoms with Crippen molar-refractivity contribution in [2.45, 2.75) is 26.3 Å². The highest BCUT2D eigenvalue weighted by Crippen LogP contribution is 2.19. The highest BCUT2D eigenvalue weighted by molar-refractivity contribution is 6.30. The van der Waals surface area contributed by atoms with E-state index in [1.54, 1.807) is 6.20 Å². The molecular formula is C12H19ClN2O. The lowest BCUT2D eigenvalue weighted by molar-refractivity contribution is 0.258. The molecule has 4 heteroatoms. The third-order valence-corrected chi connectivity index (χ3v) is 2.96. The molecule has 0 bridgehead atoms. The molecule has 0 aromatic carbocycles. The summed E-state index contributed by atoms with van der Waals surface area (Å²) in [7, 11) is 0. The number of aliphatic hydroxyl groups excluding tert-OH is 1. The van der Waals surface area contributed by atoms with E-state index in [0.29, 0.717) is 11.1 Å². The van der Waals surface area contributed by atoms with Gasteiger partial charge in [-0.05, 0) is 31.9 Å². The van der Waals surface area contributed by atoms with Crippen LogP contribution in [0.2, 0.25) is 5.15 Å². The topological polar surface area (TPSA) is 45.1 Å². The molecule has 0 fully saturated rings. The summed E-state index contributed by atoms with van der Waals surface area (Å²) in [5.74, 6) is 0.461.